The molecular weight excluding hydrogens is 282 g/mol. The smallest absolute Gasteiger partial charge is 0.133 e. The third-order valence-corrected chi connectivity index (χ3v) is 3.32. The highest BCUT2D eigenvalue weighted by Crippen LogP contribution is 2.27. The van der Waals surface area contributed by atoms with Crippen LogP contribution in [-0.2, 0) is 11.2 Å². The maximum Gasteiger partial charge on any atom is 0.133 e. The SMILES string of the molecule is COCCC(C)(N)Cc1ccc(OC)c(Br)c1. The highest BCUT2D eigenvalue weighted by atomic mass is 79.9. The van der Waals surface area contributed by atoms with E-state index in [9.17, 15) is 0 Å². The van der Waals surface area contributed by atoms with Crippen LogP contribution in [0.2, 0.25) is 0 Å². The van der Waals surface area contributed by atoms with E-state index in [1.807, 2.05) is 19.1 Å². The fourth-order valence-electron chi connectivity index (χ4n) is 1.71. The van der Waals surface area contributed by atoms with Crippen LogP contribution in [0.25, 0.3) is 0 Å². The molecule has 0 amide bonds. The molecule has 1 unspecified atom stereocenters. The number of hydrogen-bond acceptors (Lipinski definition) is 3. The van der Waals surface area contributed by atoms with E-state index in [4.69, 9.17) is 15.2 Å². The van der Waals surface area contributed by atoms with E-state index >= 15 is 0 Å². The van der Waals surface area contributed by atoms with Crippen molar-refractivity contribution >= 4 is 15.9 Å². The highest BCUT2D eigenvalue weighted by Gasteiger charge is 2.19. The fraction of sp³-hybridized carbons (Fsp3) is 0.538. The lowest BCUT2D eigenvalue weighted by Crippen LogP contribution is -2.39. The molecule has 0 saturated carbocycles. The predicted molar refractivity (Wildman–Crippen MR) is 73.5 cm³/mol. The van der Waals surface area contributed by atoms with E-state index in [0.717, 1.165) is 23.1 Å². The van der Waals surface area contributed by atoms with Crippen LogP contribution in [-0.4, -0.2) is 26.4 Å². The number of methoxy groups -OCH3 is 2. The van der Waals surface area contributed by atoms with E-state index in [1.54, 1.807) is 14.2 Å². The van der Waals surface area contributed by atoms with Gasteiger partial charge in [0.15, 0.2) is 0 Å². The Hall–Kier alpha value is -0.580. The Balaban J connectivity index is 2.71. The molecule has 0 radical (unpaired) electrons. The van der Waals surface area contributed by atoms with Gasteiger partial charge in [0.05, 0.1) is 11.6 Å². The fourth-order valence-corrected chi connectivity index (χ4v) is 2.30. The first kappa shape index (κ1) is 14.5. The van der Waals surface area contributed by atoms with Gasteiger partial charge in [0.1, 0.15) is 5.75 Å². The van der Waals surface area contributed by atoms with Crippen LogP contribution in [0.1, 0.15) is 18.9 Å². The Morgan fingerprint density at radius 3 is 2.59 bits per heavy atom. The Labute approximate surface area is 111 Å². The van der Waals surface area contributed by atoms with Crippen molar-refractivity contribution in [3.63, 3.8) is 0 Å². The summed E-state index contributed by atoms with van der Waals surface area (Å²) in [5, 5.41) is 0. The summed E-state index contributed by atoms with van der Waals surface area (Å²) in [7, 11) is 3.35. The average molecular weight is 302 g/mol. The number of halogens is 1. The monoisotopic (exact) mass is 301 g/mol. The molecule has 2 N–H and O–H groups in total. The van der Waals surface area contributed by atoms with Crippen LogP contribution in [0.5, 0.6) is 5.75 Å². The molecule has 1 aromatic rings. The van der Waals surface area contributed by atoms with Crippen molar-refractivity contribution in [1.82, 2.24) is 0 Å². The number of rotatable bonds is 6. The van der Waals surface area contributed by atoms with Crippen LogP contribution in [0, 0.1) is 0 Å². The first-order chi connectivity index (χ1) is 7.98. The number of benzene rings is 1. The summed E-state index contributed by atoms with van der Waals surface area (Å²) >= 11 is 3.48. The van der Waals surface area contributed by atoms with Crippen LogP contribution in [0.4, 0.5) is 0 Å². The van der Waals surface area contributed by atoms with Crippen molar-refractivity contribution in [3.8, 4) is 5.75 Å². The molecule has 0 aliphatic rings. The van der Waals surface area contributed by atoms with Crippen molar-refractivity contribution in [3.05, 3.63) is 28.2 Å². The Morgan fingerprint density at radius 2 is 2.06 bits per heavy atom. The van der Waals surface area contributed by atoms with Gasteiger partial charge in [-0.25, -0.2) is 0 Å². The first-order valence-corrected chi connectivity index (χ1v) is 6.38. The molecule has 0 aromatic heterocycles. The van der Waals surface area contributed by atoms with Crippen molar-refractivity contribution in [2.45, 2.75) is 25.3 Å². The van der Waals surface area contributed by atoms with Gasteiger partial charge < -0.3 is 15.2 Å². The van der Waals surface area contributed by atoms with E-state index < -0.39 is 0 Å². The van der Waals surface area contributed by atoms with E-state index in [2.05, 4.69) is 22.0 Å². The molecule has 0 spiro atoms. The molecule has 17 heavy (non-hydrogen) atoms. The molecule has 1 aromatic carbocycles. The van der Waals surface area contributed by atoms with Crippen LogP contribution in [0.3, 0.4) is 0 Å². The molecule has 1 rings (SSSR count). The molecule has 1 atom stereocenters. The number of ether oxygens (including phenoxy) is 2. The van der Waals surface area contributed by atoms with Crippen molar-refractivity contribution < 1.29 is 9.47 Å². The van der Waals surface area contributed by atoms with Crippen LogP contribution >= 0.6 is 15.9 Å². The van der Waals surface area contributed by atoms with Gasteiger partial charge in [-0.1, -0.05) is 6.07 Å². The minimum Gasteiger partial charge on any atom is -0.496 e. The largest absolute Gasteiger partial charge is 0.496 e. The molecule has 0 aliphatic carbocycles. The molecule has 0 aliphatic heterocycles. The van der Waals surface area contributed by atoms with Crippen molar-refractivity contribution in [1.29, 1.82) is 0 Å². The topological polar surface area (TPSA) is 44.5 Å². The van der Waals surface area contributed by atoms with Gasteiger partial charge in [-0.2, -0.15) is 0 Å². The highest BCUT2D eigenvalue weighted by molar-refractivity contribution is 9.10. The quantitative estimate of drug-likeness (QED) is 0.879. The first-order valence-electron chi connectivity index (χ1n) is 5.59. The summed E-state index contributed by atoms with van der Waals surface area (Å²) < 4.78 is 11.2. The molecule has 0 fully saturated rings. The van der Waals surface area contributed by atoms with Gasteiger partial charge in [-0.3, -0.25) is 0 Å². The Bertz CT molecular complexity index is 366. The molecule has 0 saturated heterocycles. The molecule has 0 bridgehead atoms. The Morgan fingerprint density at radius 1 is 1.35 bits per heavy atom. The summed E-state index contributed by atoms with van der Waals surface area (Å²) in [6.07, 6.45) is 1.66. The summed E-state index contributed by atoms with van der Waals surface area (Å²) in [6.45, 7) is 2.73. The summed E-state index contributed by atoms with van der Waals surface area (Å²) in [4.78, 5) is 0. The maximum absolute atomic E-state index is 6.23. The lowest BCUT2D eigenvalue weighted by atomic mass is 9.91. The van der Waals surface area contributed by atoms with Crippen LogP contribution in [0.15, 0.2) is 22.7 Å². The normalized spacial score (nSPS) is 14.4. The number of hydrogen-bond donors (Lipinski definition) is 1. The second kappa shape index (κ2) is 6.38. The van der Waals surface area contributed by atoms with Crippen molar-refractivity contribution in [2.24, 2.45) is 5.73 Å². The zero-order valence-corrected chi connectivity index (χ0v) is 12.2. The lowest BCUT2D eigenvalue weighted by molar-refractivity contribution is 0.171. The van der Waals surface area contributed by atoms with Gasteiger partial charge in [-0.05, 0) is 53.4 Å². The minimum absolute atomic E-state index is 0.246. The van der Waals surface area contributed by atoms with Gasteiger partial charge in [0.2, 0.25) is 0 Å². The summed E-state index contributed by atoms with van der Waals surface area (Å²) in [5.74, 6) is 0.837. The third-order valence-electron chi connectivity index (χ3n) is 2.70. The Kier molecular flexibility index (Phi) is 5.43. The standard InChI is InChI=1S/C13H20BrNO2/c1-13(15,6-7-16-2)9-10-4-5-12(17-3)11(14)8-10/h4-5,8H,6-7,9,15H2,1-3H3. The predicted octanol–water partition coefficient (Wildman–Crippen LogP) is 2.75. The lowest BCUT2D eigenvalue weighted by Gasteiger charge is -2.24. The molecule has 96 valence electrons. The van der Waals surface area contributed by atoms with Crippen molar-refractivity contribution in [2.75, 3.05) is 20.8 Å². The van der Waals surface area contributed by atoms with Gasteiger partial charge >= 0.3 is 0 Å². The second-order valence-corrected chi connectivity index (χ2v) is 5.40. The minimum atomic E-state index is -0.246. The molecule has 0 heterocycles. The van der Waals surface area contributed by atoms with E-state index in [1.165, 1.54) is 5.56 Å². The third kappa shape index (κ3) is 4.66. The zero-order chi connectivity index (χ0) is 12.9. The molecule has 4 heteroatoms. The maximum atomic E-state index is 6.23. The van der Waals surface area contributed by atoms with Gasteiger partial charge in [0.25, 0.3) is 0 Å². The summed E-state index contributed by atoms with van der Waals surface area (Å²) in [5.41, 5.74) is 7.18. The van der Waals surface area contributed by atoms with Gasteiger partial charge in [-0.15, -0.1) is 0 Å². The molecular formula is C13H20BrNO2. The molecule has 3 nitrogen and oxygen atoms in total. The average Bonchev–Trinajstić information content (AvgIpc) is 2.26. The second-order valence-electron chi connectivity index (χ2n) is 4.54. The van der Waals surface area contributed by atoms with Gasteiger partial charge in [0, 0.05) is 19.3 Å². The zero-order valence-electron chi connectivity index (χ0n) is 10.6. The van der Waals surface area contributed by atoms with E-state index in [0.29, 0.717) is 6.61 Å². The van der Waals surface area contributed by atoms with Crippen LogP contribution < -0.4 is 10.5 Å². The van der Waals surface area contributed by atoms with E-state index in [-0.39, 0.29) is 5.54 Å². The summed E-state index contributed by atoms with van der Waals surface area (Å²) in [6, 6.07) is 6.05. The number of nitrogens with two attached hydrogens (primary N) is 1.